The number of hydrogen-bond donors (Lipinski definition) is 2. The Bertz CT molecular complexity index is 1400. The maximum atomic E-state index is 13.3. The number of amides is 3. The molecule has 2 heterocycles. The molecule has 2 aromatic rings. The van der Waals surface area contributed by atoms with E-state index in [1.54, 1.807) is 18.2 Å². The van der Waals surface area contributed by atoms with Gasteiger partial charge in [0.15, 0.2) is 0 Å². The molecule has 0 aromatic heterocycles. The van der Waals surface area contributed by atoms with Crippen molar-refractivity contribution in [1.29, 1.82) is 0 Å². The average molecular weight is 586 g/mol. The van der Waals surface area contributed by atoms with Crippen molar-refractivity contribution in [3.8, 4) is 0 Å². The number of β-amino-alcohol motifs (C(OH)–C–C–N with tert-alkyl or cyclic N) is 1. The highest BCUT2D eigenvalue weighted by molar-refractivity contribution is 7.81. The first-order valence-electron chi connectivity index (χ1n) is 12.5. The van der Waals surface area contributed by atoms with Crippen LogP contribution in [0.15, 0.2) is 65.2 Å². The van der Waals surface area contributed by atoms with Crippen LogP contribution in [0, 0.1) is 0 Å². The number of piperazine rings is 1. The number of thiocarbonyl (C=S) groups is 1. The molecule has 0 spiro atoms. The lowest BCUT2D eigenvalue weighted by Gasteiger charge is -2.37. The second-order valence-electron chi connectivity index (χ2n) is 9.60. The molecular weight excluding hydrogens is 559 g/mol. The number of anilines is 2. The van der Waals surface area contributed by atoms with Gasteiger partial charge >= 0.3 is 0 Å². The third-order valence-electron chi connectivity index (χ3n) is 6.98. The first-order valence-corrected chi connectivity index (χ1v) is 13.7. The summed E-state index contributed by atoms with van der Waals surface area (Å²) in [6.45, 7) is 3.21. The molecule has 1 aliphatic carbocycles. The number of imide groups is 1. The fraction of sp³-hybridized carbons (Fsp3) is 0.286. The highest BCUT2D eigenvalue weighted by atomic mass is 35.5. The van der Waals surface area contributed by atoms with Gasteiger partial charge < -0.3 is 15.3 Å². The van der Waals surface area contributed by atoms with Crippen molar-refractivity contribution in [2.45, 2.75) is 12.5 Å². The van der Waals surface area contributed by atoms with Crippen LogP contribution in [0.1, 0.15) is 27.1 Å². The van der Waals surface area contributed by atoms with Crippen LogP contribution < -0.4 is 10.2 Å². The lowest BCUT2D eigenvalue weighted by Crippen LogP contribution is -2.50. The highest BCUT2D eigenvalue weighted by Gasteiger charge is 2.39. The lowest BCUT2D eigenvalue weighted by atomic mass is 10.0. The topological polar surface area (TPSA) is 93.2 Å². The van der Waals surface area contributed by atoms with Crippen LogP contribution >= 0.6 is 35.4 Å². The van der Waals surface area contributed by atoms with Crippen molar-refractivity contribution >= 4 is 69.4 Å². The summed E-state index contributed by atoms with van der Waals surface area (Å²) >= 11 is 17.3. The van der Waals surface area contributed by atoms with E-state index < -0.39 is 23.8 Å². The first kappa shape index (κ1) is 27.5. The Hall–Kier alpha value is -3.08. The van der Waals surface area contributed by atoms with E-state index in [1.807, 2.05) is 24.3 Å². The third kappa shape index (κ3) is 5.92. The molecule has 1 fully saturated rings. The largest absolute Gasteiger partial charge is 0.390 e. The molecule has 5 rings (SSSR count). The summed E-state index contributed by atoms with van der Waals surface area (Å²) in [6, 6.07) is 12.4. The molecule has 0 radical (unpaired) electrons. The molecule has 2 N–H and O–H groups in total. The van der Waals surface area contributed by atoms with Crippen molar-refractivity contribution in [2.24, 2.45) is 0 Å². The van der Waals surface area contributed by atoms with Crippen molar-refractivity contribution in [3.05, 3.63) is 81.4 Å². The molecule has 1 atom stereocenters. The van der Waals surface area contributed by atoms with E-state index in [0.717, 1.165) is 36.8 Å². The summed E-state index contributed by atoms with van der Waals surface area (Å²) in [5, 5.41) is 14.6. The molecule has 1 saturated heterocycles. The minimum absolute atomic E-state index is 0.101. The zero-order chi connectivity index (χ0) is 27.7. The summed E-state index contributed by atoms with van der Waals surface area (Å²) < 4.78 is 0. The number of nitrogens with zero attached hydrogens (tertiary/aromatic N) is 3. The normalized spacial score (nSPS) is 18.6. The Balaban J connectivity index is 1.21. The van der Waals surface area contributed by atoms with Gasteiger partial charge in [-0.05, 0) is 42.5 Å². The number of rotatable bonds is 7. The van der Waals surface area contributed by atoms with E-state index in [2.05, 4.69) is 15.1 Å². The highest BCUT2D eigenvalue weighted by Crippen LogP contribution is 2.31. The molecule has 2 aliphatic heterocycles. The summed E-state index contributed by atoms with van der Waals surface area (Å²) in [4.78, 5) is 45.1. The van der Waals surface area contributed by atoms with Crippen molar-refractivity contribution in [2.75, 3.05) is 49.5 Å². The fourth-order valence-corrected chi connectivity index (χ4v) is 5.52. The number of nitrogens with one attached hydrogen (secondary N) is 1. The van der Waals surface area contributed by atoms with E-state index in [9.17, 15) is 19.5 Å². The molecule has 8 nitrogen and oxygen atoms in total. The molecule has 0 bridgehead atoms. The number of benzene rings is 2. The Labute approximate surface area is 241 Å². The van der Waals surface area contributed by atoms with Gasteiger partial charge in [0.25, 0.3) is 17.7 Å². The zero-order valence-corrected chi connectivity index (χ0v) is 23.2. The standard InChI is InChI=1S/C28H26Cl2N4O4S/c29-17-4-7-19(8-5-17)33-12-10-32(11-13-33)15-20(35)16-34-27(37)21-2-1-3-23(25(21)28(34)38)31-26(36)22-14-18(30)6-9-24(22)39/h1-8,14,20,35H,9-13,15-16H2,(H,31,36). The number of hydrogen-bond acceptors (Lipinski definition) is 7. The number of allylic oxidation sites excluding steroid dienone is 3. The summed E-state index contributed by atoms with van der Waals surface area (Å²) in [7, 11) is 0. The van der Waals surface area contributed by atoms with Gasteiger partial charge in [0.1, 0.15) is 0 Å². The Morgan fingerprint density at radius 3 is 2.44 bits per heavy atom. The molecule has 11 heteroatoms. The van der Waals surface area contributed by atoms with E-state index in [-0.39, 0.29) is 28.9 Å². The van der Waals surface area contributed by atoms with Crippen LogP contribution in [0.2, 0.25) is 5.02 Å². The Kier molecular flexibility index (Phi) is 8.16. The predicted octanol–water partition coefficient (Wildman–Crippen LogP) is 3.88. The molecule has 202 valence electrons. The summed E-state index contributed by atoms with van der Waals surface area (Å²) in [6.07, 6.45) is 2.65. The molecular formula is C28H26Cl2N4O4S. The lowest BCUT2D eigenvalue weighted by molar-refractivity contribution is -0.112. The molecule has 39 heavy (non-hydrogen) atoms. The monoisotopic (exact) mass is 584 g/mol. The SMILES string of the molecule is O=C(Nc1cccc2c1C(=O)N(CC(O)CN1CCN(c3ccc(Cl)cc3)CC1)C2=O)C1=CC(Cl)=CCC1=S. The second kappa shape index (κ2) is 11.6. The van der Waals surface area contributed by atoms with E-state index in [0.29, 0.717) is 27.9 Å². The predicted molar refractivity (Wildman–Crippen MR) is 156 cm³/mol. The zero-order valence-electron chi connectivity index (χ0n) is 20.9. The maximum absolute atomic E-state index is 13.3. The van der Waals surface area contributed by atoms with Crippen LogP contribution in [-0.2, 0) is 4.79 Å². The van der Waals surface area contributed by atoms with Crippen LogP contribution in [-0.4, -0.2) is 82.9 Å². The molecule has 1 unspecified atom stereocenters. The Morgan fingerprint density at radius 2 is 1.72 bits per heavy atom. The number of carbonyl (C=O) groups is 3. The maximum Gasteiger partial charge on any atom is 0.263 e. The molecule has 3 amide bonds. The van der Waals surface area contributed by atoms with Crippen LogP contribution in [0.25, 0.3) is 0 Å². The van der Waals surface area contributed by atoms with E-state index in [1.165, 1.54) is 12.1 Å². The van der Waals surface area contributed by atoms with E-state index in [4.69, 9.17) is 35.4 Å². The van der Waals surface area contributed by atoms with Gasteiger partial charge in [-0.1, -0.05) is 47.6 Å². The number of fused-ring (bicyclic) bond motifs is 1. The van der Waals surface area contributed by atoms with Gasteiger partial charge in [0, 0.05) is 59.8 Å². The number of halogens is 2. The van der Waals surface area contributed by atoms with Gasteiger partial charge in [-0.3, -0.25) is 24.2 Å². The molecule has 2 aromatic carbocycles. The van der Waals surface area contributed by atoms with Gasteiger partial charge in [-0.25, -0.2) is 0 Å². The van der Waals surface area contributed by atoms with Crippen molar-refractivity contribution in [3.63, 3.8) is 0 Å². The van der Waals surface area contributed by atoms with Crippen LogP contribution in [0.5, 0.6) is 0 Å². The average Bonchev–Trinajstić information content (AvgIpc) is 3.16. The van der Waals surface area contributed by atoms with Gasteiger partial charge in [-0.2, -0.15) is 0 Å². The summed E-state index contributed by atoms with van der Waals surface area (Å²) in [5.74, 6) is -1.57. The number of aliphatic hydroxyl groups is 1. The fourth-order valence-electron chi connectivity index (χ4n) is 4.97. The molecule has 3 aliphatic rings. The molecule has 0 saturated carbocycles. The Morgan fingerprint density at radius 1 is 1.00 bits per heavy atom. The van der Waals surface area contributed by atoms with Gasteiger partial charge in [-0.15, -0.1) is 0 Å². The van der Waals surface area contributed by atoms with Gasteiger partial charge in [0.2, 0.25) is 0 Å². The van der Waals surface area contributed by atoms with Crippen molar-refractivity contribution in [1.82, 2.24) is 9.80 Å². The minimum atomic E-state index is -0.925. The first-order chi connectivity index (χ1) is 18.7. The smallest absolute Gasteiger partial charge is 0.263 e. The summed E-state index contributed by atoms with van der Waals surface area (Å²) in [5.41, 5.74) is 1.83. The minimum Gasteiger partial charge on any atom is -0.390 e. The van der Waals surface area contributed by atoms with Crippen LogP contribution in [0.3, 0.4) is 0 Å². The quantitative estimate of drug-likeness (QED) is 0.377. The number of aliphatic hydroxyl groups excluding tert-OH is 1. The van der Waals surface area contributed by atoms with E-state index >= 15 is 0 Å². The second-order valence-corrected chi connectivity index (χ2v) is 11.0. The number of carbonyl (C=O) groups excluding carboxylic acids is 3. The van der Waals surface area contributed by atoms with Crippen LogP contribution in [0.4, 0.5) is 11.4 Å². The van der Waals surface area contributed by atoms with Crippen molar-refractivity contribution < 1.29 is 19.5 Å². The van der Waals surface area contributed by atoms with Gasteiger partial charge in [0.05, 0.1) is 35.0 Å². The third-order valence-corrected chi connectivity index (χ3v) is 7.89.